The van der Waals surface area contributed by atoms with Gasteiger partial charge in [-0.25, -0.2) is 0 Å². The molecule has 3 amide bonds. The zero-order chi connectivity index (χ0) is 19.4. The molecule has 1 aliphatic rings. The zero-order valence-corrected chi connectivity index (χ0v) is 15.6. The molecule has 27 heavy (non-hydrogen) atoms. The van der Waals surface area contributed by atoms with Crippen molar-refractivity contribution in [3.63, 3.8) is 0 Å². The van der Waals surface area contributed by atoms with Gasteiger partial charge in [-0.3, -0.25) is 14.4 Å². The summed E-state index contributed by atoms with van der Waals surface area (Å²) in [6.07, 6.45) is 0.348. The van der Waals surface area contributed by atoms with Gasteiger partial charge in [0.15, 0.2) is 0 Å². The molecule has 0 bridgehead atoms. The summed E-state index contributed by atoms with van der Waals surface area (Å²) in [4.78, 5) is 37.8. The number of benzene rings is 1. The first-order chi connectivity index (χ1) is 12.9. The second-order valence-corrected chi connectivity index (χ2v) is 6.72. The van der Waals surface area contributed by atoms with E-state index in [2.05, 4.69) is 15.2 Å². The fourth-order valence-corrected chi connectivity index (χ4v) is 3.21. The van der Waals surface area contributed by atoms with Gasteiger partial charge in [0, 0.05) is 48.7 Å². The van der Waals surface area contributed by atoms with Gasteiger partial charge in [-0.15, -0.1) is 0 Å². The fourth-order valence-electron chi connectivity index (χ4n) is 3.21. The van der Waals surface area contributed by atoms with Crippen LogP contribution in [-0.2, 0) is 16.1 Å². The van der Waals surface area contributed by atoms with Crippen molar-refractivity contribution in [2.75, 3.05) is 25.0 Å². The van der Waals surface area contributed by atoms with Crippen LogP contribution in [0.15, 0.2) is 36.4 Å². The third-order valence-electron chi connectivity index (χ3n) is 4.70. The Hall–Kier alpha value is -3.09. The molecule has 1 aromatic carbocycles. The molecular weight excluding hydrogens is 344 g/mol. The molecule has 0 unspecified atom stereocenters. The van der Waals surface area contributed by atoms with Gasteiger partial charge in [0.2, 0.25) is 11.8 Å². The number of nitrogens with one attached hydrogen (secondary N) is 2. The fraction of sp³-hybridized carbons (Fsp3) is 0.350. The lowest BCUT2D eigenvalue weighted by molar-refractivity contribution is -0.123. The van der Waals surface area contributed by atoms with Crippen LogP contribution in [0.2, 0.25) is 0 Å². The average Bonchev–Trinajstić information content (AvgIpc) is 2.97. The van der Waals surface area contributed by atoms with Crippen LogP contribution in [0.5, 0.6) is 0 Å². The number of amides is 3. The molecule has 7 heteroatoms. The van der Waals surface area contributed by atoms with Crippen LogP contribution < -0.4 is 10.6 Å². The van der Waals surface area contributed by atoms with Crippen molar-refractivity contribution >= 4 is 23.4 Å². The molecule has 2 aromatic rings. The standard InChI is InChI=1S/C20H24N4O3/c1-14-6-7-15(2)24(14)10-8-18(25)22-17-5-3-4-16(12-17)20(27)23-11-9-21-19(26)13-23/h3-7,12H,8-11,13H2,1-2H3,(H,21,26)(H,22,25). The number of aryl methyl sites for hydroxylation is 2. The zero-order valence-electron chi connectivity index (χ0n) is 15.6. The maximum atomic E-state index is 12.6. The summed E-state index contributed by atoms with van der Waals surface area (Å²) in [5, 5.41) is 5.55. The molecule has 0 atom stereocenters. The Balaban J connectivity index is 1.60. The number of piperazine rings is 1. The minimum atomic E-state index is -0.209. The summed E-state index contributed by atoms with van der Waals surface area (Å²) in [5.74, 6) is -0.473. The Labute approximate surface area is 158 Å². The highest BCUT2D eigenvalue weighted by molar-refractivity contribution is 5.99. The van der Waals surface area contributed by atoms with Gasteiger partial charge < -0.3 is 20.1 Å². The van der Waals surface area contributed by atoms with Crippen LogP contribution in [0.1, 0.15) is 28.2 Å². The van der Waals surface area contributed by atoms with Crippen molar-refractivity contribution in [3.8, 4) is 0 Å². The van der Waals surface area contributed by atoms with E-state index in [1.54, 1.807) is 24.3 Å². The number of carbonyl (C=O) groups excluding carboxylic acids is 3. The molecule has 2 N–H and O–H groups in total. The first-order valence-electron chi connectivity index (χ1n) is 9.02. The van der Waals surface area contributed by atoms with Crippen molar-refractivity contribution in [1.82, 2.24) is 14.8 Å². The Morgan fingerprint density at radius 3 is 2.59 bits per heavy atom. The predicted molar refractivity (Wildman–Crippen MR) is 103 cm³/mol. The van der Waals surface area contributed by atoms with Gasteiger partial charge in [-0.2, -0.15) is 0 Å². The highest BCUT2D eigenvalue weighted by Gasteiger charge is 2.22. The van der Waals surface area contributed by atoms with E-state index in [0.29, 0.717) is 37.3 Å². The summed E-state index contributed by atoms with van der Waals surface area (Å²) in [7, 11) is 0. The lowest BCUT2D eigenvalue weighted by Crippen LogP contribution is -2.49. The van der Waals surface area contributed by atoms with E-state index in [0.717, 1.165) is 11.4 Å². The molecule has 1 aromatic heterocycles. The van der Waals surface area contributed by atoms with E-state index >= 15 is 0 Å². The SMILES string of the molecule is Cc1ccc(C)n1CCC(=O)Nc1cccc(C(=O)N2CCNC(=O)C2)c1. The number of rotatable bonds is 5. The van der Waals surface area contributed by atoms with Gasteiger partial charge >= 0.3 is 0 Å². The smallest absolute Gasteiger partial charge is 0.254 e. The molecule has 7 nitrogen and oxygen atoms in total. The van der Waals surface area contributed by atoms with Gasteiger partial charge in [-0.05, 0) is 44.2 Å². The number of aromatic nitrogens is 1. The van der Waals surface area contributed by atoms with Crippen molar-refractivity contribution < 1.29 is 14.4 Å². The minimum absolute atomic E-state index is 0.0605. The van der Waals surface area contributed by atoms with E-state index in [9.17, 15) is 14.4 Å². The number of hydrogen-bond donors (Lipinski definition) is 2. The number of hydrogen-bond acceptors (Lipinski definition) is 3. The summed E-state index contributed by atoms with van der Waals surface area (Å²) in [6.45, 7) is 5.64. The maximum Gasteiger partial charge on any atom is 0.254 e. The first-order valence-corrected chi connectivity index (χ1v) is 9.02. The Morgan fingerprint density at radius 1 is 1.15 bits per heavy atom. The lowest BCUT2D eigenvalue weighted by Gasteiger charge is -2.26. The highest BCUT2D eigenvalue weighted by Crippen LogP contribution is 2.14. The van der Waals surface area contributed by atoms with Gasteiger partial charge in [0.05, 0.1) is 6.54 Å². The van der Waals surface area contributed by atoms with E-state index in [1.165, 1.54) is 4.90 Å². The molecule has 1 aliphatic heterocycles. The van der Waals surface area contributed by atoms with Crippen molar-refractivity contribution in [3.05, 3.63) is 53.3 Å². The highest BCUT2D eigenvalue weighted by atomic mass is 16.2. The Kier molecular flexibility index (Phi) is 5.59. The van der Waals surface area contributed by atoms with Crippen LogP contribution in [0.3, 0.4) is 0 Å². The van der Waals surface area contributed by atoms with Crippen LogP contribution in [0, 0.1) is 13.8 Å². The second-order valence-electron chi connectivity index (χ2n) is 6.72. The molecule has 2 heterocycles. The third kappa shape index (κ3) is 4.55. The maximum absolute atomic E-state index is 12.6. The molecule has 0 aliphatic carbocycles. The van der Waals surface area contributed by atoms with Crippen LogP contribution in [0.4, 0.5) is 5.69 Å². The van der Waals surface area contributed by atoms with Crippen LogP contribution >= 0.6 is 0 Å². The van der Waals surface area contributed by atoms with Crippen molar-refractivity contribution in [2.45, 2.75) is 26.8 Å². The normalized spacial score (nSPS) is 14.0. The monoisotopic (exact) mass is 368 g/mol. The van der Waals surface area contributed by atoms with Gasteiger partial charge in [0.25, 0.3) is 5.91 Å². The molecule has 1 saturated heterocycles. The molecule has 0 saturated carbocycles. The summed E-state index contributed by atoms with van der Waals surface area (Å²) in [5.41, 5.74) is 3.28. The van der Waals surface area contributed by atoms with E-state index in [4.69, 9.17) is 0 Å². The first kappa shape index (κ1) is 18.7. The topological polar surface area (TPSA) is 83.4 Å². The summed E-state index contributed by atoms with van der Waals surface area (Å²) in [6, 6.07) is 10.9. The van der Waals surface area contributed by atoms with Gasteiger partial charge in [0.1, 0.15) is 0 Å². The van der Waals surface area contributed by atoms with Crippen molar-refractivity contribution in [2.24, 2.45) is 0 Å². The average molecular weight is 368 g/mol. The summed E-state index contributed by atoms with van der Waals surface area (Å²) >= 11 is 0. The lowest BCUT2D eigenvalue weighted by atomic mass is 10.1. The number of anilines is 1. The predicted octanol–water partition coefficient (Wildman–Crippen LogP) is 1.71. The van der Waals surface area contributed by atoms with Gasteiger partial charge in [-0.1, -0.05) is 6.07 Å². The third-order valence-corrected chi connectivity index (χ3v) is 4.70. The van der Waals surface area contributed by atoms with Crippen LogP contribution in [-0.4, -0.2) is 46.8 Å². The van der Waals surface area contributed by atoms with E-state index in [1.807, 2.05) is 26.0 Å². The minimum Gasteiger partial charge on any atom is -0.353 e. The Bertz CT molecular complexity index is 852. The van der Waals surface area contributed by atoms with Crippen molar-refractivity contribution in [1.29, 1.82) is 0 Å². The van der Waals surface area contributed by atoms with E-state index < -0.39 is 0 Å². The molecule has 3 rings (SSSR count). The number of nitrogens with zero attached hydrogens (tertiary/aromatic N) is 2. The molecular formula is C20H24N4O3. The summed E-state index contributed by atoms with van der Waals surface area (Å²) < 4.78 is 2.10. The van der Waals surface area contributed by atoms with E-state index in [-0.39, 0.29) is 24.3 Å². The van der Waals surface area contributed by atoms with Crippen LogP contribution in [0.25, 0.3) is 0 Å². The quantitative estimate of drug-likeness (QED) is 0.843. The molecule has 0 radical (unpaired) electrons. The molecule has 1 fully saturated rings. The number of carbonyl (C=O) groups is 3. The largest absolute Gasteiger partial charge is 0.353 e. The Morgan fingerprint density at radius 2 is 1.89 bits per heavy atom. The molecule has 0 spiro atoms. The second kappa shape index (κ2) is 8.07. The molecule has 142 valence electrons.